The molecule has 2 aromatic rings. The molecule has 2 heterocycles. The van der Waals surface area contributed by atoms with Gasteiger partial charge >= 0.3 is 0 Å². The van der Waals surface area contributed by atoms with Crippen LogP contribution in [0.3, 0.4) is 0 Å². The second-order valence-electron chi connectivity index (χ2n) is 7.56. The van der Waals surface area contributed by atoms with Crippen molar-refractivity contribution >= 4 is 17.5 Å². The highest BCUT2D eigenvalue weighted by Gasteiger charge is 2.15. The van der Waals surface area contributed by atoms with Crippen molar-refractivity contribution in [3.63, 3.8) is 0 Å². The van der Waals surface area contributed by atoms with E-state index in [1.165, 1.54) is 0 Å². The van der Waals surface area contributed by atoms with Gasteiger partial charge in [0.15, 0.2) is 5.76 Å². The Balaban J connectivity index is 1.52. The van der Waals surface area contributed by atoms with E-state index in [0.29, 0.717) is 18.1 Å². The Labute approximate surface area is 177 Å². The number of aryl methyl sites for hydroxylation is 1. The summed E-state index contributed by atoms with van der Waals surface area (Å²) in [4.78, 5) is 14.6. The fourth-order valence-electron chi connectivity index (χ4n) is 3.21. The van der Waals surface area contributed by atoms with Gasteiger partial charge in [0.25, 0.3) is 5.91 Å². The SMILES string of the molecule is Cc1cc(OCc2ccc(C(=O)NCCN3CCOCC3)o2)c(C(C)C)cc1Cl. The van der Waals surface area contributed by atoms with E-state index in [1.54, 1.807) is 12.1 Å². The molecule has 1 aromatic heterocycles. The third-order valence-electron chi connectivity index (χ3n) is 4.99. The maximum absolute atomic E-state index is 12.3. The number of rotatable bonds is 8. The molecule has 1 fully saturated rings. The second-order valence-corrected chi connectivity index (χ2v) is 7.97. The zero-order valence-electron chi connectivity index (χ0n) is 17.3. The minimum Gasteiger partial charge on any atom is -0.485 e. The smallest absolute Gasteiger partial charge is 0.287 e. The lowest BCUT2D eigenvalue weighted by atomic mass is 10.0. The van der Waals surface area contributed by atoms with Crippen molar-refractivity contribution in [2.24, 2.45) is 0 Å². The standard InChI is InChI=1S/C22H29ClN2O4/c1-15(2)18-13-19(23)16(3)12-21(18)28-14-17-4-5-20(29-17)22(26)24-6-7-25-8-10-27-11-9-25/h4-5,12-13,15H,6-11,14H2,1-3H3,(H,24,26). The molecule has 0 bridgehead atoms. The molecule has 0 unspecified atom stereocenters. The number of halogens is 1. The number of nitrogens with one attached hydrogen (secondary N) is 1. The Morgan fingerprint density at radius 2 is 2.03 bits per heavy atom. The fraction of sp³-hybridized carbons (Fsp3) is 0.500. The number of benzene rings is 1. The fourth-order valence-corrected chi connectivity index (χ4v) is 3.38. The second kappa shape index (κ2) is 10.1. The lowest BCUT2D eigenvalue weighted by molar-refractivity contribution is 0.0382. The van der Waals surface area contributed by atoms with Gasteiger partial charge in [0.2, 0.25) is 0 Å². The lowest BCUT2D eigenvalue weighted by Gasteiger charge is -2.26. The molecule has 0 spiro atoms. The third kappa shape index (κ3) is 5.98. The molecular formula is C22H29ClN2O4. The first kappa shape index (κ1) is 21.7. The van der Waals surface area contributed by atoms with E-state index in [1.807, 2.05) is 19.1 Å². The van der Waals surface area contributed by atoms with E-state index in [9.17, 15) is 4.79 Å². The minimum atomic E-state index is -0.213. The summed E-state index contributed by atoms with van der Waals surface area (Å²) in [7, 11) is 0. The van der Waals surface area contributed by atoms with Crippen LogP contribution in [0.5, 0.6) is 5.75 Å². The number of hydrogen-bond acceptors (Lipinski definition) is 5. The number of hydrogen-bond donors (Lipinski definition) is 1. The number of furan rings is 1. The molecule has 1 N–H and O–H groups in total. The van der Waals surface area contributed by atoms with Crippen molar-refractivity contribution in [3.8, 4) is 5.75 Å². The molecule has 1 aliphatic rings. The molecule has 0 radical (unpaired) electrons. The number of ether oxygens (including phenoxy) is 2. The van der Waals surface area contributed by atoms with Crippen molar-refractivity contribution in [1.29, 1.82) is 0 Å². The Morgan fingerprint density at radius 3 is 2.76 bits per heavy atom. The van der Waals surface area contributed by atoms with E-state index in [-0.39, 0.29) is 18.4 Å². The van der Waals surface area contributed by atoms with Crippen molar-refractivity contribution in [2.75, 3.05) is 39.4 Å². The third-order valence-corrected chi connectivity index (χ3v) is 5.39. The van der Waals surface area contributed by atoms with Crippen LogP contribution in [-0.2, 0) is 11.3 Å². The molecule has 6 nitrogen and oxygen atoms in total. The molecular weight excluding hydrogens is 392 g/mol. The van der Waals surface area contributed by atoms with Crippen LogP contribution in [0.1, 0.15) is 47.2 Å². The first-order valence-corrected chi connectivity index (χ1v) is 10.4. The minimum absolute atomic E-state index is 0.213. The van der Waals surface area contributed by atoms with E-state index < -0.39 is 0 Å². The van der Waals surface area contributed by atoms with Crippen LogP contribution in [0, 0.1) is 6.92 Å². The molecule has 1 aromatic carbocycles. The largest absolute Gasteiger partial charge is 0.485 e. The quantitative estimate of drug-likeness (QED) is 0.699. The average Bonchev–Trinajstić information content (AvgIpc) is 3.18. The van der Waals surface area contributed by atoms with Gasteiger partial charge in [0.05, 0.1) is 13.2 Å². The van der Waals surface area contributed by atoms with Gasteiger partial charge in [-0.15, -0.1) is 0 Å². The Hall–Kier alpha value is -2.02. The van der Waals surface area contributed by atoms with Crippen LogP contribution in [0.25, 0.3) is 0 Å². The van der Waals surface area contributed by atoms with Gasteiger partial charge in [-0.25, -0.2) is 0 Å². The van der Waals surface area contributed by atoms with Crippen LogP contribution >= 0.6 is 11.6 Å². The molecule has 0 saturated carbocycles. The van der Waals surface area contributed by atoms with Crippen molar-refractivity contribution < 1.29 is 18.7 Å². The average molecular weight is 421 g/mol. The molecule has 1 amide bonds. The molecule has 1 aliphatic heterocycles. The first-order chi connectivity index (χ1) is 13.9. The first-order valence-electron chi connectivity index (χ1n) is 10.0. The monoisotopic (exact) mass is 420 g/mol. The Kier molecular flexibility index (Phi) is 7.58. The Morgan fingerprint density at radius 1 is 1.28 bits per heavy atom. The summed E-state index contributed by atoms with van der Waals surface area (Å²) in [5.74, 6) is 1.75. The number of amides is 1. The summed E-state index contributed by atoms with van der Waals surface area (Å²) in [6.45, 7) is 11.1. The molecule has 29 heavy (non-hydrogen) atoms. The van der Waals surface area contributed by atoms with E-state index in [4.69, 9.17) is 25.5 Å². The van der Waals surface area contributed by atoms with Gasteiger partial charge in [0, 0.05) is 31.2 Å². The zero-order chi connectivity index (χ0) is 20.8. The topological polar surface area (TPSA) is 63.9 Å². The van der Waals surface area contributed by atoms with Crippen molar-refractivity contribution in [2.45, 2.75) is 33.3 Å². The summed E-state index contributed by atoms with van der Waals surface area (Å²) in [6, 6.07) is 7.35. The highest BCUT2D eigenvalue weighted by atomic mass is 35.5. The summed E-state index contributed by atoms with van der Waals surface area (Å²) in [5, 5.41) is 3.63. The number of carbonyl (C=O) groups excluding carboxylic acids is 1. The molecule has 1 saturated heterocycles. The van der Waals surface area contributed by atoms with E-state index in [0.717, 1.165) is 54.7 Å². The summed E-state index contributed by atoms with van der Waals surface area (Å²) in [5.41, 5.74) is 2.01. The predicted molar refractivity (Wildman–Crippen MR) is 113 cm³/mol. The van der Waals surface area contributed by atoms with E-state index in [2.05, 4.69) is 24.1 Å². The van der Waals surface area contributed by atoms with Crippen molar-refractivity contribution in [1.82, 2.24) is 10.2 Å². The lowest BCUT2D eigenvalue weighted by Crippen LogP contribution is -2.41. The number of morpholine rings is 1. The molecule has 0 atom stereocenters. The van der Waals surface area contributed by atoms with E-state index >= 15 is 0 Å². The van der Waals surface area contributed by atoms with Gasteiger partial charge in [-0.3, -0.25) is 9.69 Å². The highest BCUT2D eigenvalue weighted by molar-refractivity contribution is 6.31. The summed E-state index contributed by atoms with van der Waals surface area (Å²) >= 11 is 6.25. The van der Waals surface area contributed by atoms with Crippen LogP contribution in [0.2, 0.25) is 5.02 Å². The predicted octanol–water partition coefficient (Wildman–Crippen LogP) is 4.01. The van der Waals surface area contributed by atoms with Gasteiger partial charge < -0.3 is 19.2 Å². The molecule has 158 valence electrons. The van der Waals surface area contributed by atoms with Crippen LogP contribution in [0.4, 0.5) is 0 Å². The number of nitrogens with zero attached hydrogens (tertiary/aromatic N) is 1. The summed E-state index contributed by atoms with van der Waals surface area (Å²) < 4.78 is 17.0. The molecule has 0 aliphatic carbocycles. The summed E-state index contributed by atoms with van der Waals surface area (Å²) in [6.07, 6.45) is 0. The highest BCUT2D eigenvalue weighted by Crippen LogP contribution is 2.32. The zero-order valence-corrected chi connectivity index (χ0v) is 18.1. The van der Waals surface area contributed by atoms with Gasteiger partial charge in [-0.2, -0.15) is 0 Å². The van der Waals surface area contributed by atoms with Crippen LogP contribution in [0.15, 0.2) is 28.7 Å². The van der Waals surface area contributed by atoms with Gasteiger partial charge in [-0.1, -0.05) is 25.4 Å². The maximum atomic E-state index is 12.3. The van der Waals surface area contributed by atoms with Gasteiger partial charge in [-0.05, 0) is 48.2 Å². The van der Waals surface area contributed by atoms with Gasteiger partial charge in [0.1, 0.15) is 18.1 Å². The van der Waals surface area contributed by atoms with Crippen LogP contribution < -0.4 is 10.1 Å². The van der Waals surface area contributed by atoms with Crippen LogP contribution in [-0.4, -0.2) is 50.2 Å². The maximum Gasteiger partial charge on any atom is 0.287 e. The Bertz CT molecular complexity index is 828. The molecule has 7 heteroatoms. The van der Waals surface area contributed by atoms with Crippen molar-refractivity contribution in [3.05, 3.63) is 51.9 Å². The molecule has 3 rings (SSSR count). The number of carbonyl (C=O) groups is 1. The normalized spacial score (nSPS) is 14.9.